The third-order valence-corrected chi connectivity index (χ3v) is 18.2. The summed E-state index contributed by atoms with van der Waals surface area (Å²) in [6, 6.07) is 24.3. The first-order valence-corrected chi connectivity index (χ1v) is 30.0. The van der Waals surface area contributed by atoms with E-state index in [9.17, 15) is 19.2 Å². The monoisotopic (exact) mass is 1110 g/mol. The van der Waals surface area contributed by atoms with Gasteiger partial charge in [0.2, 0.25) is 29.5 Å². The van der Waals surface area contributed by atoms with Crippen LogP contribution in [0.5, 0.6) is 0 Å². The molecule has 2 heterocycles. The molecule has 432 valence electrons. The van der Waals surface area contributed by atoms with E-state index in [4.69, 9.17) is 15.2 Å². The summed E-state index contributed by atoms with van der Waals surface area (Å²) in [6.45, 7) is 17.5. The Morgan fingerprint density at radius 1 is 0.709 bits per heavy atom. The van der Waals surface area contributed by atoms with Crippen molar-refractivity contribution in [2.45, 2.75) is 186 Å². The molecule has 16 heteroatoms. The summed E-state index contributed by atoms with van der Waals surface area (Å²) in [4.78, 5) is 105. The third-order valence-electron chi connectivity index (χ3n) is 16.5. The number of Topliss-reactive ketones (excluding diaryl/α,β-unsaturated/α-hetero) is 1. The Kier molecular flexibility index (Phi) is 22.8. The summed E-state index contributed by atoms with van der Waals surface area (Å²) in [5, 5.41) is 9.06. The highest BCUT2D eigenvalue weighted by Crippen LogP contribution is 2.49. The van der Waals surface area contributed by atoms with Gasteiger partial charge in [-0.15, -0.1) is 11.8 Å². The number of esters is 1. The van der Waals surface area contributed by atoms with Crippen LogP contribution in [-0.2, 0) is 47.8 Å². The van der Waals surface area contributed by atoms with Crippen molar-refractivity contribution in [2.75, 3.05) is 26.0 Å². The number of nitrogens with zero attached hydrogens (tertiary/aromatic N) is 2. The highest BCUT2D eigenvalue weighted by molar-refractivity contribution is 8.00. The molecule has 3 aromatic carbocycles. The van der Waals surface area contributed by atoms with E-state index in [2.05, 4.69) is 52.3 Å². The molecule has 6 rings (SSSR count). The average Bonchev–Trinajstić information content (AvgIpc) is 4.28. The van der Waals surface area contributed by atoms with E-state index in [-0.39, 0.29) is 66.1 Å². The van der Waals surface area contributed by atoms with Crippen LogP contribution < -0.4 is 21.7 Å². The van der Waals surface area contributed by atoms with E-state index in [0.717, 1.165) is 36.0 Å². The number of carbonyl (C=O) groups is 7. The molecule has 0 unspecified atom stereocenters. The summed E-state index contributed by atoms with van der Waals surface area (Å²) >= 11 is 1.54. The van der Waals surface area contributed by atoms with Crippen LogP contribution in [-0.4, -0.2) is 125 Å². The zero-order valence-electron chi connectivity index (χ0n) is 48.5. The summed E-state index contributed by atoms with van der Waals surface area (Å²) in [5.41, 5.74) is 8.67. The van der Waals surface area contributed by atoms with Gasteiger partial charge in [0.05, 0.1) is 36.0 Å². The van der Waals surface area contributed by atoms with Gasteiger partial charge in [0, 0.05) is 24.8 Å². The zero-order valence-corrected chi connectivity index (χ0v) is 49.4. The Labute approximate surface area is 474 Å². The molecule has 5 N–H and O–H groups in total. The van der Waals surface area contributed by atoms with Crippen LogP contribution in [0.15, 0.2) is 91.0 Å². The van der Waals surface area contributed by atoms with Gasteiger partial charge in [-0.3, -0.25) is 28.8 Å². The fourth-order valence-corrected chi connectivity index (χ4v) is 13.4. The van der Waals surface area contributed by atoms with Crippen LogP contribution in [0.4, 0.5) is 0 Å². The van der Waals surface area contributed by atoms with Gasteiger partial charge < -0.3 is 41.0 Å². The number of nitrogens with one attached hydrogen (secondary N) is 3. The summed E-state index contributed by atoms with van der Waals surface area (Å²) in [7, 11) is 1.29. The van der Waals surface area contributed by atoms with Crippen molar-refractivity contribution < 1.29 is 43.0 Å². The summed E-state index contributed by atoms with van der Waals surface area (Å²) < 4.78 is 10.1. The number of fused-ring (bicyclic) bond motifs is 1. The van der Waals surface area contributed by atoms with Crippen LogP contribution >= 0.6 is 11.8 Å². The molecule has 0 aromatic heterocycles. The largest absolute Gasteiger partial charge is 0.467 e. The lowest BCUT2D eigenvalue weighted by molar-refractivity contribution is -0.150. The Morgan fingerprint density at radius 2 is 1.27 bits per heavy atom. The van der Waals surface area contributed by atoms with E-state index in [1.54, 1.807) is 21.6 Å². The van der Waals surface area contributed by atoms with Crippen LogP contribution in [0, 0.1) is 29.6 Å². The number of benzene rings is 3. The van der Waals surface area contributed by atoms with Crippen molar-refractivity contribution in [1.29, 1.82) is 0 Å². The third kappa shape index (κ3) is 15.7. The molecule has 3 aromatic rings. The van der Waals surface area contributed by atoms with E-state index in [1.807, 2.05) is 117 Å². The second-order valence-corrected chi connectivity index (χ2v) is 25.0. The Balaban J connectivity index is 1.30. The van der Waals surface area contributed by atoms with Crippen molar-refractivity contribution in [3.05, 3.63) is 108 Å². The molecule has 0 radical (unpaired) electrons. The van der Waals surface area contributed by atoms with E-state index in [0.29, 0.717) is 51.5 Å². The molecule has 11 atom stereocenters. The molecular formula is C63H90N6O9S. The molecule has 79 heavy (non-hydrogen) atoms. The topological polar surface area (TPSA) is 207 Å². The first-order valence-electron chi connectivity index (χ1n) is 29.0. The number of hydrogen-bond acceptors (Lipinski definition) is 11. The van der Waals surface area contributed by atoms with Crippen molar-refractivity contribution >= 4 is 53.1 Å². The van der Waals surface area contributed by atoms with Gasteiger partial charge in [0.1, 0.15) is 30.2 Å². The molecule has 3 fully saturated rings. The van der Waals surface area contributed by atoms with Crippen molar-refractivity contribution in [3.8, 4) is 0 Å². The number of carbonyl (C=O) groups excluding carboxylic acids is 7. The fourth-order valence-electron chi connectivity index (χ4n) is 11.7. The minimum Gasteiger partial charge on any atom is -0.467 e. The lowest BCUT2D eigenvalue weighted by Crippen LogP contribution is -2.60. The molecule has 2 aliphatic heterocycles. The van der Waals surface area contributed by atoms with E-state index in [1.165, 1.54) is 7.11 Å². The van der Waals surface area contributed by atoms with Gasteiger partial charge in [0.25, 0.3) is 0 Å². The van der Waals surface area contributed by atoms with E-state index >= 15 is 14.4 Å². The number of rotatable bonds is 26. The minimum absolute atomic E-state index is 0.0280. The molecule has 5 amide bonds. The van der Waals surface area contributed by atoms with Gasteiger partial charge in [-0.1, -0.05) is 158 Å². The normalized spacial score (nSPS) is 21.2. The lowest BCUT2D eigenvalue weighted by Gasteiger charge is -2.38. The van der Waals surface area contributed by atoms with Crippen LogP contribution in [0.25, 0.3) is 0 Å². The quantitative estimate of drug-likeness (QED) is 0.0444. The number of thioether (sulfide) groups is 1. The molecule has 0 spiro atoms. The second kappa shape index (κ2) is 28.7. The summed E-state index contributed by atoms with van der Waals surface area (Å²) in [5.74, 6) is -4.38. The number of nitrogens with two attached hydrogens (primary N) is 1. The molecule has 1 aliphatic carbocycles. The van der Waals surface area contributed by atoms with Gasteiger partial charge in [-0.2, -0.15) is 0 Å². The minimum atomic E-state index is -1.02. The maximum Gasteiger partial charge on any atom is 0.328 e. The highest BCUT2D eigenvalue weighted by atomic mass is 32.2. The first-order chi connectivity index (χ1) is 37.6. The predicted octanol–water partition coefficient (Wildman–Crippen LogP) is 8.35. The number of ether oxygens (including phenoxy) is 2. The Morgan fingerprint density at radius 3 is 1.80 bits per heavy atom. The van der Waals surface area contributed by atoms with Crippen molar-refractivity contribution in [3.63, 3.8) is 0 Å². The molecule has 3 aliphatic rings. The molecule has 15 nitrogen and oxygen atoms in total. The molecule has 2 saturated heterocycles. The lowest BCUT2D eigenvalue weighted by atomic mass is 9.84. The zero-order chi connectivity index (χ0) is 57.6. The molecule has 1 saturated carbocycles. The fraction of sp³-hybridized carbons (Fsp3) is 0.603. The van der Waals surface area contributed by atoms with Gasteiger partial charge in [0.15, 0.2) is 5.78 Å². The van der Waals surface area contributed by atoms with Gasteiger partial charge in [-0.25, -0.2) is 4.79 Å². The maximum atomic E-state index is 15.3. The Bertz CT molecular complexity index is 2410. The Hall–Kier alpha value is -5.58. The average molecular weight is 1110 g/mol. The summed E-state index contributed by atoms with van der Waals surface area (Å²) in [6.07, 6.45) is 5.98. The maximum absolute atomic E-state index is 15.3. The molecular weight excluding hydrogens is 1020 g/mol. The van der Waals surface area contributed by atoms with Crippen molar-refractivity contribution in [2.24, 2.45) is 35.3 Å². The number of likely N-dealkylation sites (tertiary alicyclic amines) is 2. The SMILES string of the molecule is CC[C@H](C)[C@H](NC(=O)[C@@H]1C[C@@H]2CCCC[C@@H]2N1C(=O)[C@@H]1CCCN1C(=O)[C@H](CC(C)C)NC(=O)[C@@H](N)COC(C)(C)C)C(=O)C[C@@H](CSC(c1ccccc1)(c1ccccc1)c1ccccc1)C(=O)N[C@H](C(=O)OC)[C@@H](C)CC. The standard InChI is InChI=1S/C63H90N6O9S/c1-11-41(5)54(53(70)37-44(56(71)67-55(42(6)12-2)61(76)77-10)39-79-63(45-26-16-13-17-27-45,46-28-18-14-19-29-46)47-30-20-15-21-31-47)66-58(73)52-36-43-25-22-23-32-50(43)69(52)60(75)51-33-24-34-68(51)59(74)49(35-40(3)4)65-57(72)48(64)38-78-62(7,8)9/h13-21,26-31,40-44,48-52,54-55H,11-12,22-25,32-39,64H2,1-10H3,(H,65,72)(H,66,73)(H,67,71)/t41-,42-,43-,44-,48-,49-,50-,51-,52-,54-,55-/m0/s1. The van der Waals surface area contributed by atoms with Gasteiger partial charge in [-0.05, 0) is 99.7 Å². The smallest absolute Gasteiger partial charge is 0.328 e. The second-order valence-electron chi connectivity index (χ2n) is 23.7. The first kappa shape index (κ1) is 62.6. The molecule has 0 bridgehead atoms. The number of methoxy groups -OCH3 is 1. The number of hydrogen-bond donors (Lipinski definition) is 4. The van der Waals surface area contributed by atoms with Crippen LogP contribution in [0.1, 0.15) is 150 Å². The highest BCUT2D eigenvalue weighted by Gasteiger charge is 2.52. The number of amides is 5. The number of ketones is 1. The van der Waals surface area contributed by atoms with E-state index < -0.39 is 76.2 Å². The van der Waals surface area contributed by atoms with Crippen LogP contribution in [0.3, 0.4) is 0 Å². The van der Waals surface area contributed by atoms with Crippen molar-refractivity contribution in [1.82, 2.24) is 25.8 Å². The predicted molar refractivity (Wildman–Crippen MR) is 310 cm³/mol. The van der Waals surface area contributed by atoms with Gasteiger partial charge >= 0.3 is 5.97 Å². The van der Waals surface area contributed by atoms with Crippen LogP contribution in [0.2, 0.25) is 0 Å².